The third-order valence-corrected chi connectivity index (χ3v) is 11.1. The lowest BCUT2D eigenvalue weighted by Gasteiger charge is -2.32. The van der Waals surface area contributed by atoms with E-state index in [0.29, 0.717) is 19.5 Å². The average molecular weight is 801 g/mol. The zero-order valence-electron chi connectivity index (χ0n) is 34.8. The van der Waals surface area contributed by atoms with Gasteiger partial charge in [0, 0.05) is 45.6 Å². The molecule has 0 saturated heterocycles. The fourth-order valence-corrected chi connectivity index (χ4v) is 7.90. The number of rotatable bonds is 8. The number of benzene rings is 4. The van der Waals surface area contributed by atoms with Crippen LogP contribution in [-0.2, 0) is 63.8 Å². The van der Waals surface area contributed by atoms with E-state index in [1.165, 1.54) is 30.9 Å². The number of amides is 1. The fraction of sp³-hybridized carbons (Fsp3) is 0.400. The zero-order valence-corrected chi connectivity index (χ0v) is 34.8. The molecular formula is C45H52N8O6. The molecule has 2 atom stereocenters. The minimum Gasteiger partial charge on any atom is -0.469 e. The van der Waals surface area contributed by atoms with Crippen molar-refractivity contribution in [2.24, 2.45) is 14.1 Å². The Kier molecular flexibility index (Phi) is 12.1. The van der Waals surface area contributed by atoms with E-state index in [4.69, 9.17) is 14.2 Å². The second-order valence-electron chi connectivity index (χ2n) is 16.2. The smallest absolute Gasteiger partial charge is 0.410 e. The van der Waals surface area contributed by atoms with Gasteiger partial charge in [0.2, 0.25) is 0 Å². The summed E-state index contributed by atoms with van der Waals surface area (Å²) < 4.78 is 19.0. The maximum atomic E-state index is 12.6. The molecule has 2 unspecified atom stereocenters. The van der Waals surface area contributed by atoms with Crippen molar-refractivity contribution in [3.05, 3.63) is 117 Å². The molecule has 14 nitrogen and oxygen atoms in total. The van der Waals surface area contributed by atoms with Crippen molar-refractivity contribution in [3.63, 3.8) is 0 Å². The molecule has 4 heterocycles. The number of hydrogen-bond donors (Lipinski definition) is 1. The fourth-order valence-electron chi connectivity index (χ4n) is 7.90. The number of hydrogen-bond acceptors (Lipinski definition) is 11. The highest BCUT2D eigenvalue weighted by Crippen LogP contribution is 2.34. The average Bonchev–Trinajstić information content (AvgIpc) is 3.80. The van der Waals surface area contributed by atoms with Crippen molar-refractivity contribution in [2.45, 2.75) is 77.0 Å². The van der Waals surface area contributed by atoms with Gasteiger partial charge in [0.05, 0.1) is 38.1 Å². The highest BCUT2D eigenvalue weighted by molar-refractivity contribution is 5.78. The number of fused-ring (bicyclic) bond motifs is 4. The van der Waals surface area contributed by atoms with Crippen molar-refractivity contribution < 1.29 is 28.6 Å². The maximum Gasteiger partial charge on any atom is 0.410 e. The van der Waals surface area contributed by atoms with Crippen molar-refractivity contribution in [1.29, 1.82) is 0 Å². The Hall–Kier alpha value is -6.15. The van der Waals surface area contributed by atoms with Gasteiger partial charge < -0.3 is 24.4 Å². The third kappa shape index (κ3) is 9.44. The minimum absolute atomic E-state index is 0.0684. The predicted octanol–water partition coefficient (Wildman–Crippen LogP) is 6.27. The summed E-state index contributed by atoms with van der Waals surface area (Å²) in [6.45, 7) is 8.59. The molecule has 2 aliphatic heterocycles. The normalized spacial score (nSPS) is 14.7. The summed E-state index contributed by atoms with van der Waals surface area (Å²) in [5.74, 6) is -0.774. The van der Waals surface area contributed by atoms with Gasteiger partial charge in [0.25, 0.3) is 0 Å². The van der Waals surface area contributed by atoms with Crippen LogP contribution in [0.15, 0.2) is 72.8 Å². The molecule has 308 valence electrons. The van der Waals surface area contributed by atoms with Crippen LogP contribution in [0.25, 0.3) is 22.1 Å². The molecule has 2 aromatic heterocycles. The first kappa shape index (κ1) is 41.0. The van der Waals surface area contributed by atoms with Crippen LogP contribution in [0.1, 0.15) is 90.0 Å². The van der Waals surface area contributed by atoms with Crippen LogP contribution in [0.2, 0.25) is 0 Å². The Morgan fingerprint density at radius 3 is 1.69 bits per heavy atom. The summed E-state index contributed by atoms with van der Waals surface area (Å²) in [6, 6.07) is 24.8. The Morgan fingerprint density at radius 2 is 1.17 bits per heavy atom. The van der Waals surface area contributed by atoms with Crippen LogP contribution < -0.4 is 5.32 Å². The third-order valence-electron chi connectivity index (χ3n) is 11.1. The summed E-state index contributed by atoms with van der Waals surface area (Å²) in [5, 5.41) is 20.0. The molecule has 0 spiro atoms. The molecule has 0 saturated carbocycles. The molecule has 59 heavy (non-hydrogen) atoms. The van der Waals surface area contributed by atoms with Gasteiger partial charge in [0.15, 0.2) is 0 Å². The van der Waals surface area contributed by atoms with E-state index in [1.54, 1.807) is 14.3 Å². The van der Waals surface area contributed by atoms with E-state index < -0.39 is 5.60 Å². The molecule has 2 aliphatic rings. The van der Waals surface area contributed by atoms with Crippen molar-refractivity contribution in [2.75, 3.05) is 27.3 Å². The number of nitrogens with one attached hydrogen (secondary N) is 1. The first-order valence-electron chi connectivity index (χ1n) is 19.9. The molecule has 0 aliphatic carbocycles. The van der Waals surface area contributed by atoms with E-state index in [0.717, 1.165) is 75.8 Å². The van der Waals surface area contributed by atoms with Crippen LogP contribution in [0, 0.1) is 0 Å². The standard InChI is InChI=1S/C25H30N4O4.C20H22N4O2/c1-25(2,3)33-24(31)29-11-10-16-6-7-17(12-19(16)15-29)20(14-23(30)32-5)18-8-9-22-21(13-18)26-27-28(22)4;1-24-19-6-5-15(10-18(19)22-23-24)17(11-20(25)26-2)14-4-3-13-7-8-21-12-16(13)9-14/h6-9,12-13,20H,10-11,14-15H2,1-5H3;3-6,9-10,17,21H,7-8,11-12H2,1-2H3. The van der Waals surface area contributed by atoms with Gasteiger partial charge in [-0.2, -0.15) is 0 Å². The lowest BCUT2D eigenvalue weighted by atomic mass is 9.85. The molecule has 0 fully saturated rings. The van der Waals surface area contributed by atoms with E-state index in [1.807, 2.05) is 65.2 Å². The quantitative estimate of drug-likeness (QED) is 0.137. The summed E-state index contributed by atoms with van der Waals surface area (Å²) in [6.07, 6.45) is 2.01. The van der Waals surface area contributed by atoms with Crippen molar-refractivity contribution >= 4 is 40.1 Å². The number of nitrogens with zero attached hydrogens (tertiary/aromatic N) is 7. The van der Waals surface area contributed by atoms with Crippen LogP contribution >= 0.6 is 0 Å². The van der Waals surface area contributed by atoms with Gasteiger partial charge >= 0.3 is 18.0 Å². The second-order valence-corrected chi connectivity index (χ2v) is 16.2. The molecule has 1 amide bonds. The van der Waals surface area contributed by atoms with Crippen LogP contribution in [0.4, 0.5) is 4.79 Å². The molecule has 6 aromatic rings. The van der Waals surface area contributed by atoms with Gasteiger partial charge in [-0.25, -0.2) is 14.2 Å². The molecule has 14 heteroatoms. The monoisotopic (exact) mass is 800 g/mol. The minimum atomic E-state index is -0.538. The first-order valence-corrected chi connectivity index (χ1v) is 19.9. The molecular weight excluding hydrogens is 749 g/mol. The Balaban J connectivity index is 0.000000184. The molecule has 0 radical (unpaired) electrons. The largest absolute Gasteiger partial charge is 0.469 e. The van der Waals surface area contributed by atoms with Gasteiger partial charge in [-0.15, -0.1) is 10.2 Å². The number of methoxy groups -OCH3 is 2. The van der Waals surface area contributed by atoms with Gasteiger partial charge in [-0.1, -0.05) is 59.0 Å². The number of aromatic nitrogens is 6. The van der Waals surface area contributed by atoms with Crippen LogP contribution in [0.3, 0.4) is 0 Å². The zero-order chi connectivity index (χ0) is 41.8. The number of aryl methyl sites for hydroxylation is 2. The number of carbonyl (C=O) groups excluding carboxylic acids is 3. The van der Waals surface area contributed by atoms with Crippen LogP contribution in [0.5, 0.6) is 0 Å². The summed E-state index contributed by atoms with van der Waals surface area (Å²) in [4.78, 5) is 38.7. The maximum absolute atomic E-state index is 12.6. The van der Waals surface area contributed by atoms with E-state index in [2.05, 4.69) is 68.4 Å². The van der Waals surface area contributed by atoms with Gasteiger partial charge in [0.1, 0.15) is 16.6 Å². The van der Waals surface area contributed by atoms with Crippen molar-refractivity contribution in [3.8, 4) is 0 Å². The topological polar surface area (TPSA) is 156 Å². The molecule has 8 rings (SSSR count). The first-order chi connectivity index (χ1) is 28.3. The highest BCUT2D eigenvalue weighted by atomic mass is 16.6. The SMILES string of the molecule is COC(=O)CC(c1ccc2c(c1)CN(C(=O)OC(C)(C)C)CC2)c1ccc2c(c1)nnn2C.COC(=O)CC(c1ccc2c(c1)CNCC2)c1ccc2c(c1)nnn2C. The molecule has 4 aromatic carbocycles. The molecule has 0 bridgehead atoms. The summed E-state index contributed by atoms with van der Waals surface area (Å²) in [7, 11) is 6.55. The predicted molar refractivity (Wildman–Crippen MR) is 223 cm³/mol. The van der Waals surface area contributed by atoms with E-state index in [-0.39, 0.29) is 36.3 Å². The van der Waals surface area contributed by atoms with Crippen molar-refractivity contribution in [1.82, 2.24) is 40.2 Å². The Bertz CT molecular complexity index is 2500. The molecule has 1 N–H and O–H groups in total. The lowest BCUT2D eigenvalue weighted by Crippen LogP contribution is -2.39. The van der Waals surface area contributed by atoms with E-state index in [9.17, 15) is 14.4 Å². The number of ether oxygens (including phenoxy) is 3. The Labute approximate surface area is 343 Å². The highest BCUT2D eigenvalue weighted by Gasteiger charge is 2.28. The lowest BCUT2D eigenvalue weighted by molar-refractivity contribution is -0.141. The second kappa shape index (κ2) is 17.4. The summed E-state index contributed by atoms with van der Waals surface area (Å²) in [5.41, 5.74) is 12.1. The Morgan fingerprint density at radius 1 is 0.678 bits per heavy atom. The number of esters is 2. The number of carbonyl (C=O) groups is 3. The van der Waals surface area contributed by atoms with Gasteiger partial charge in [-0.3, -0.25) is 9.59 Å². The van der Waals surface area contributed by atoms with Gasteiger partial charge in [-0.05, 0) is 109 Å². The van der Waals surface area contributed by atoms with Crippen LogP contribution in [-0.4, -0.2) is 85.8 Å². The summed E-state index contributed by atoms with van der Waals surface area (Å²) >= 11 is 0. The van der Waals surface area contributed by atoms with E-state index >= 15 is 0 Å².